The lowest BCUT2D eigenvalue weighted by atomic mass is 10.1. The lowest BCUT2D eigenvalue weighted by molar-refractivity contribution is 0.0997. The third kappa shape index (κ3) is 1.47. The standard InChI is InChI=1S/C14H12N2O/c15-12-8-4-5-10-9-16(14(17)13(10)12)11-6-2-1-3-7-11/h1-8H,9,15H2. The molecule has 1 aliphatic heterocycles. The van der Waals surface area contributed by atoms with Crippen molar-refractivity contribution in [3.63, 3.8) is 0 Å². The average molecular weight is 224 g/mol. The van der Waals surface area contributed by atoms with Crippen LogP contribution in [0.5, 0.6) is 0 Å². The number of carbonyl (C=O) groups excluding carboxylic acids is 1. The monoisotopic (exact) mass is 224 g/mol. The fraction of sp³-hybridized carbons (Fsp3) is 0.0714. The Bertz CT molecular complexity index is 578. The number of nitrogen functional groups attached to an aromatic ring is 1. The van der Waals surface area contributed by atoms with Gasteiger partial charge in [-0.3, -0.25) is 4.79 Å². The third-order valence-corrected chi connectivity index (χ3v) is 3.04. The molecular formula is C14H12N2O. The number of amides is 1. The van der Waals surface area contributed by atoms with E-state index in [2.05, 4.69) is 0 Å². The molecule has 0 atom stereocenters. The first kappa shape index (κ1) is 9.90. The summed E-state index contributed by atoms with van der Waals surface area (Å²) in [7, 11) is 0. The van der Waals surface area contributed by atoms with Crippen molar-refractivity contribution in [3.8, 4) is 0 Å². The summed E-state index contributed by atoms with van der Waals surface area (Å²) in [6.45, 7) is 0.600. The van der Waals surface area contributed by atoms with E-state index in [4.69, 9.17) is 5.73 Å². The second-order valence-electron chi connectivity index (χ2n) is 4.11. The zero-order valence-electron chi connectivity index (χ0n) is 9.26. The van der Waals surface area contributed by atoms with Crippen LogP contribution >= 0.6 is 0 Å². The predicted octanol–water partition coefficient (Wildman–Crippen LogP) is 2.43. The van der Waals surface area contributed by atoms with E-state index in [0.29, 0.717) is 17.8 Å². The molecule has 0 saturated heterocycles. The smallest absolute Gasteiger partial charge is 0.261 e. The number of hydrogen-bond donors (Lipinski definition) is 1. The van der Waals surface area contributed by atoms with Gasteiger partial charge in [0.25, 0.3) is 5.91 Å². The Kier molecular flexibility index (Phi) is 2.11. The molecule has 1 amide bonds. The maximum Gasteiger partial charge on any atom is 0.261 e. The maximum absolute atomic E-state index is 12.3. The molecule has 0 radical (unpaired) electrons. The number of hydrogen-bond acceptors (Lipinski definition) is 2. The van der Waals surface area contributed by atoms with Crippen LogP contribution < -0.4 is 10.6 Å². The summed E-state index contributed by atoms with van der Waals surface area (Å²) in [6.07, 6.45) is 0. The van der Waals surface area contributed by atoms with Gasteiger partial charge >= 0.3 is 0 Å². The Morgan fingerprint density at radius 2 is 1.76 bits per heavy atom. The highest BCUT2D eigenvalue weighted by molar-refractivity contribution is 6.13. The van der Waals surface area contributed by atoms with Crippen LogP contribution in [0.25, 0.3) is 0 Å². The molecule has 0 spiro atoms. The van der Waals surface area contributed by atoms with Crippen LogP contribution in [0.1, 0.15) is 15.9 Å². The highest BCUT2D eigenvalue weighted by Crippen LogP contribution is 2.31. The fourth-order valence-electron chi connectivity index (χ4n) is 2.21. The quantitative estimate of drug-likeness (QED) is 0.756. The Hall–Kier alpha value is -2.29. The first-order valence-electron chi connectivity index (χ1n) is 5.51. The molecule has 0 aliphatic carbocycles. The minimum absolute atomic E-state index is 0.00991. The molecule has 2 aromatic carbocycles. The van der Waals surface area contributed by atoms with Crippen LogP contribution in [0, 0.1) is 0 Å². The van der Waals surface area contributed by atoms with Crippen molar-refractivity contribution in [3.05, 3.63) is 59.7 Å². The molecule has 2 aromatic rings. The predicted molar refractivity (Wildman–Crippen MR) is 67.8 cm³/mol. The third-order valence-electron chi connectivity index (χ3n) is 3.04. The number of benzene rings is 2. The molecular weight excluding hydrogens is 212 g/mol. The first-order chi connectivity index (χ1) is 8.27. The zero-order valence-corrected chi connectivity index (χ0v) is 9.26. The Morgan fingerprint density at radius 1 is 1.00 bits per heavy atom. The van der Waals surface area contributed by atoms with E-state index in [9.17, 15) is 4.79 Å². The van der Waals surface area contributed by atoms with E-state index in [1.54, 1.807) is 11.0 Å². The highest BCUT2D eigenvalue weighted by atomic mass is 16.2. The van der Waals surface area contributed by atoms with Crippen molar-refractivity contribution in [2.45, 2.75) is 6.54 Å². The van der Waals surface area contributed by atoms with Crippen LogP contribution in [0.2, 0.25) is 0 Å². The van der Waals surface area contributed by atoms with Gasteiger partial charge in [0, 0.05) is 11.4 Å². The fourth-order valence-corrected chi connectivity index (χ4v) is 2.21. The number of carbonyl (C=O) groups is 1. The average Bonchev–Trinajstić information content (AvgIpc) is 2.69. The summed E-state index contributed by atoms with van der Waals surface area (Å²) < 4.78 is 0. The van der Waals surface area contributed by atoms with Gasteiger partial charge in [-0.2, -0.15) is 0 Å². The van der Waals surface area contributed by atoms with Crippen LogP contribution in [0.4, 0.5) is 11.4 Å². The lowest BCUT2D eigenvalue weighted by Crippen LogP contribution is -2.23. The molecule has 0 aromatic heterocycles. The Morgan fingerprint density at radius 3 is 2.47 bits per heavy atom. The summed E-state index contributed by atoms with van der Waals surface area (Å²) in [4.78, 5) is 14.0. The van der Waals surface area contributed by atoms with Crippen molar-refractivity contribution in [2.24, 2.45) is 0 Å². The topological polar surface area (TPSA) is 46.3 Å². The molecule has 17 heavy (non-hydrogen) atoms. The van der Waals surface area contributed by atoms with Gasteiger partial charge in [0.05, 0.1) is 12.1 Å². The minimum atomic E-state index is -0.00991. The summed E-state index contributed by atoms with van der Waals surface area (Å²) >= 11 is 0. The number of anilines is 2. The summed E-state index contributed by atoms with van der Waals surface area (Å²) in [5.41, 5.74) is 8.97. The number of rotatable bonds is 1. The number of fused-ring (bicyclic) bond motifs is 1. The van der Waals surface area contributed by atoms with Crippen LogP contribution in [0.15, 0.2) is 48.5 Å². The summed E-state index contributed by atoms with van der Waals surface area (Å²) in [6, 6.07) is 15.3. The SMILES string of the molecule is Nc1cccc2c1C(=O)N(c1ccccc1)C2. The number of nitrogens with two attached hydrogens (primary N) is 1. The molecule has 1 heterocycles. The molecule has 3 rings (SSSR count). The number of para-hydroxylation sites is 1. The van der Waals surface area contributed by atoms with Gasteiger partial charge in [0.1, 0.15) is 0 Å². The largest absolute Gasteiger partial charge is 0.398 e. The van der Waals surface area contributed by atoms with E-state index in [0.717, 1.165) is 11.3 Å². The van der Waals surface area contributed by atoms with Crippen molar-refractivity contribution in [1.82, 2.24) is 0 Å². The molecule has 2 N–H and O–H groups in total. The van der Waals surface area contributed by atoms with Crippen LogP contribution in [-0.4, -0.2) is 5.91 Å². The highest BCUT2D eigenvalue weighted by Gasteiger charge is 2.29. The van der Waals surface area contributed by atoms with Crippen molar-refractivity contribution >= 4 is 17.3 Å². The molecule has 3 heteroatoms. The van der Waals surface area contributed by atoms with Gasteiger partial charge in [0.15, 0.2) is 0 Å². The van der Waals surface area contributed by atoms with Crippen LogP contribution in [-0.2, 0) is 6.54 Å². The molecule has 3 nitrogen and oxygen atoms in total. The molecule has 0 bridgehead atoms. The molecule has 1 aliphatic rings. The Labute approximate surface area is 99.5 Å². The van der Waals surface area contributed by atoms with Crippen molar-refractivity contribution in [2.75, 3.05) is 10.6 Å². The van der Waals surface area contributed by atoms with Crippen LogP contribution in [0.3, 0.4) is 0 Å². The number of nitrogens with zero attached hydrogens (tertiary/aromatic N) is 1. The summed E-state index contributed by atoms with van der Waals surface area (Å²) in [5, 5.41) is 0. The van der Waals surface area contributed by atoms with Gasteiger partial charge in [-0.25, -0.2) is 0 Å². The molecule has 0 unspecified atom stereocenters. The second kappa shape index (κ2) is 3.63. The summed E-state index contributed by atoms with van der Waals surface area (Å²) in [5.74, 6) is -0.00991. The van der Waals surface area contributed by atoms with Crippen molar-refractivity contribution in [1.29, 1.82) is 0 Å². The van der Waals surface area contributed by atoms with E-state index in [1.807, 2.05) is 42.5 Å². The Balaban J connectivity index is 2.06. The van der Waals surface area contributed by atoms with Gasteiger partial charge < -0.3 is 10.6 Å². The normalized spacial score (nSPS) is 13.9. The molecule has 0 fully saturated rings. The maximum atomic E-state index is 12.3. The van der Waals surface area contributed by atoms with Gasteiger partial charge in [0.2, 0.25) is 0 Å². The van der Waals surface area contributed by atoms with E-state index in [1.165, 1.54) is 0 Å². The van der Waals surface area contributed by atoms with E-state index >= 15 is 0 Å². The van der Waals surface area contributed by atoms with Gasteiger partial charge in [-0.15, -0.1) is 0 Å². The second-order valence-corrected chi connectivity index (χ2v) is 4.11. The van der Waals surface area contributed by atoms with Crippen molar-refractivity contribution < 1.29 is 4.79 Å². The van der Waals surface area contributed by atoms with E-state index in [-0.39, 0.29) is 5.91 Å². The minimum Gasteiger partial charge on any atom is -0.398 e. The van der Waals surface area contributed by atoms with E-state index < -0.39 is 0 Å². The molecule has 84 valence electrons. The zero-order chi connectivity index (χ0) is 11.8. The molecule has 0 saturated carbocycles. The van der Waals surface area contributed by atoms with Gasteiger partial charge in [-0.05, 0) is 23.8 Å². The van der Waals surface area contributed by atoms with Gasteiger partial charge in [-0.1, -0.05) is 30.3 Å². The first-order valence-corrected chi connectivity index (χ1v) is 5.51. The lowest BCUT2D eigenvalue weighted by Gasteiger charge is -2.15.